The van der Waals surface area contributed by atoms with E-state index in [9.17, 15) is 4.79 Å². The number of rotatable bonds is 4. The van der Waals surface area contributed by atoms with E-state index in [1.807, 2.05) is 20.2 Å². The van der Waals surface area contributed by atoms with Crippen LogP contribution in [0.2, 0.25) is 0 Å². The molecular formula is C18H26N2O. The molecule has 1 fully saturated rings. The van der Waals surface area contributed by atoms with Crippen molar-refractivity contribution in [2.75, 3.05) is 33.7 Å². The maximum absolute atomic E-state index is 12.0. The Labute approximate surface area is 128 Å². The van der Waals surface area contributed by atoms with E-state index in [4.69, 9.17) is 0 Å². The maximum atomic E-state index is 12.0. The van der Waals surface area contributed by atoms with E-state index in [0.717, 1.165) is 32.5 Å². The molecule has 0 atom stereocenters. The summed E-state index contributed by atoms with van der Waals surface area (Å²) in [6, 6.07) is 10.4. The van der Waals surface area contributed by atoms with Crippen LogP contribution >= 0.6 is 0 Å². The first-order chi connectivity index (χ1) is 10.1. The molecule has 0 bridgehead atoms. The van der Waals surface area contributed by atoms with E-state index in [1.54, 1.807) is 4.90 Å². The van der Waals surface area contributed by atoms with Crippen molar-refractivity contribution < 1.29 is 4.79 Å². The minimum absolute atomic E-state index is 0.217. The highest BCUT2D eigenvalue weighted by Crippen LogP contribution is 2.20. The fourth-order valence-corrected chi connectivity index (χ4v) is 2.94. The molecule has 114 valence electrons. The number of benzene rings is 1. The number of piperidine rings is 1. The zero-order valence-electron chi connectivity index (χ0n) is 13.4. The lowest BCUT2D eigenvalue weighted by Crippen LogP contribution is -2.40. The van der Waals surface area contributed by atoms with Crippen molar-refractivity contribution >= 4 is 12.0 Å². The Hall–Kier alpha value is -1.61. The van der Waals surface area contributed by atoms with Crippen molar-refractivity contribution in [1.82, 2.24) is 9.80 Å². The number of hydrogen-bond acceptors (Lipinski definition) is 2. The van der Waals surface area contributed by atoms with Crippen LogP contribution in [0.15, 0.2) is 35.9 Å². The fourth-order valence-electron chi connectivity index (χ4n) is 2.94. The van der Waals surface area contributed by atoms with Gasteiger partial charge in [-0.05, 0) is 38.4 Å². The minimum Gasteiger partial charge on any atom is -0.349 e. The average Bonchev–Trinajstić information content (AvgIpc) is 2.48. The number of carbonyl (C=O) groups is 1. The molecule has 0 unspecified atom stereocenters. The van der Waals surface area contributed by atoms with Gasteiger partial charge < -0.3 is 4.90 Å². The van der Waals surface area contributed by atoms with E-state index in [2.05, 4.69) is 42.2 Å². The van der Waals surface area contributed by atoms with Crippen LogP contribution in [0.5, 0.6) is 0 Å². The Kier molecular flexibility index (Phi) is 5.57. The van der Waals surface area contributed by atoms with Crippen LogP contribution in [0, 0.1) is 5.92 Å². The Bertz CT molecular complexity index is 485. The molecule has 3 heteroatoms. The second-order valence-corrected chi connectivity index (χ2v) is 6.18. The monoisotopic (exact) mass is 286 g/mol. The highest BCUT2D eigenvalue weighted by Gasteiger charge is 2.25. The zero-order valence-corrected chi connectivity index (χ0v) is 13.4. The molecule has 0 spiro atoms. The summed E-state index contributed by atoms with van der Waals surface area (Å²) in [4.78, 5) is 16.1. The second-order valence-electron chi connectivity index (χ2n) is 6.18. The van der Waals surface area contributed by atoms with Gasteiger partial charge in [-0.3, -0.25) is 9.69 Å². The van der Waals surface area contributed by atoms with Gasteiger partial charge in [-0.2, -0.15) is 0 Å². The topological polar surface area (TPSA) is 23.6 Å². The summed E-state index contributed by atoms with van der Waals surface area (Å²) in [5, 5.41) is 0. The number of nitrogens with zero attached hydrogens (tertiary/aromatic N) is 2. The van der Waals surface area contributed by atoms with Crippen LogP contribution < -0.4 is 0 Å². The van der Waals surface area contributed by atoms with Crippen LogP contribution in [0.3, 0.4) is 0 Å². The van der Waals surface area contributed by atoms with Crippen LogP contribution in [0.1, 0.15) is 25.3 Å². The molecule has 0 radical (unpaired) electrons. The molecule has 3 nitrogen and oxygen atoms in total. The van der Waals surface area contributed by atoms with Crippen molar-refractivity contribution in [3.8, 4) is 0 Å². The van der Waals surface area contributed by atoms with Gasteiger partial charge in [0.1, 0.15) is 0 Å². The standard InChI is InChI=1S/C18H26N2O/c1-15(13-16-7-5-4-6-8-16)14-20-11-9-17(10-12-20)18(21)19(2)3/h4-8,13,17H,9-12,14H2,1-3H3/b15-13+. The van der Waals surface area contributed by atoms with Gasteiger partial charge in [0.15, 0.2) is 0 Å². The lowest BCUT2D eigenvalue weighted by molar-refractivity contribution is -0.134. The molecule has 0 aromatic heterocycles. The molecule has 1 aliphatic heterocycles. The third-order valence-corrected chi connectivity index (χ3v) is 4.06. The van der Waals surface area contributed by atoms with Crippen molar-refractivity contribution in [1.29, 1.82) is 0 Å². The maximum Gasteiger partial charge on any atom is 0.225 e. The molecule has 2 rings (SSSR count). The van der Waals surface area contributed by atoms with Crippen molar-refractivity contribution in [3.05, 3.63) is 41.5 Å². The summed E-state index contributed by atoms with van der Waals surface area (Å²) in [6.45, 7) is 5.22. The molecular weight excluding hydrogens is 260 g/mol. The van der Waals surface area contributed by atoms with E-state index < -0.39 is 0 Å². The molecule has 0 aliphatic carbocycles. The van der Waals surface area contributed by atoms with Gasteiger partial charge in [0.2, 0.25) is 5.91 Å². The van der Waals surface area contributed by atoms with Gasteiger partial charge in [-0.15, -0.1) is 0 Å². The largest absolute Gasteiger partial charge is 0.349 e. The average molecular weight is 286 g/mol. The molecule has 1 amide bonds. The Morgan fingerprint density at radius 1 is 1.24 bits per heavy atom. The quantitative estimate of drug-likeness (QED) is 0.849. The molecule has 0 saturated carbocycles. The van der Waals surface area contributed by atoms with Gasteiger partial charge in [0.05, 0.1) is 0 Å². The predicted octanol–water partition coefficient (Wildman–Crippen LogP) is 2.89. The minimum atomic E-state index is 0.217. The number of hydrogen-bond donors (Lipinski definition) is 0. The Balaban J connectivity index is 1.83. The van der Waals surface area contributed by atoms with E-state index in [1.165, 1.54) is 11.1 Å². The molecule has 1 aromatic rings. The highest BCUT2D eigenvalue weighted by molar-refractivity contribution is 5.78. The lowest BCUT2D eigenvalue weighted by atomic mass is 9.95. The molecule has 1 heterocycles. The molecule has 21 heavy (non-hydrogen) atoms. The lowest BCUT2D eigenvalue weighted by Gasteiger charge is -2.32. The summed E-state index contributed by atoms with van der Waals surface area (Å²) in [5.41, 5.74) is 2.63. The summed E-state index contributed by atoms with van der Waals surface area (Å²) < 4.78 is 0. The summed E-state index contributed by atoms with van der Waals surface area (Å²) in [7, 11) is 3.70. The summed E-state index contributed by atoms with van der Waals surface area (Å²) >= 11 is 0. The first-order valence-corrected chi connectivity index (χ1v) is 7.72. The van der Waals surface area contributed by atoms with E-state index >= 15 is 0 Å². The third kappa shape index (κ3) is 4.71. The molecule has 1 aliphatic rings. The van der Waals surface area contributed by atoms with Gasteiger partial charge in [-0.1, -0.05) is 42.0 Å². The highest BCUT2D eigenvalue weighted by atomic mass is 16.2. The fraction of sp³-hybridized carbons (Fsp3) is 0.500. The van der Waals surface area contributed by atoms with Crippen LogP contribution in [-0.2, 0) is 4.79 Å². The van der Waals surface area contributed by atoms with Gasteiger partial charge in [0.25, 0.3) is 0 Å². The van der Waals surface area contributed by atoms with Crippen LogP contribution in [-0.4, -0.2) is 49.4 Å². The van der Waals surface area contributed by atoms with Crippen molar-refractivity contribution in [2.24, 2.45) is 5.92 Å². The third-order valence-electron chi connectivity index (χ3n) is 4.06. The molecule has 0 N–H and O–H groups in total. The Morgan fingerprint density at radius 2 is 1.86 bits per heavy atom. The van der Waals surface area contributed by atoms with Gasteiger partial charge in [-0.25, -0.2) is 0 Å². The molecule has 1 saturated heterocycles. The number of likely N-dealkylation sites (tertiary alicyclic amines) is 1. The number of carbonyl (C=O) groups excluding carboxylic acids is 1. The van der Waals surface area contributed by atoms with Gasteiger partial charge in [0, 0.05) is 26.6 Å². The second kappa shape index (κ2) is 7.41. The first-order valence-electron chi connectivity index (χ1n) is 7.72. The van der Waals surface area contributed by atoms with Crippen molar-refractivity contribution in [2.45, 2.75) is 19.8 Å². The number of amides is 1. The summed E-state index contributed by atoms with van der Waals surface area (Å²) in [6.07, 6.45) is 4.21. The zero-order chi connectivity index (χ0) is 15.2. The first kappa shape index (κ1) is 15.8. The van der Waals surface area contributed by atoms with Crippen molar-refractivity contribution in [3.63, 3.8) is 0 Å². The molecule has 1 aromatic carbocycles. The summed E-state index contributed by atoms with van der Waals surface area (Å²) in [5.74, 6) is 0.501. The van der Waals surface area contributed by atoms with Crippen LogP contribution in [0.25, 0.3) is 6.08 Å². The normalized spacial score (nSPS) is 17.8. The smallest absolute Gasteiger partial charge is 0.225 e. The van der Waals surface area contributed by atoms with Gasteiger partial charge >= 0.3 is 0 Å². The predicted molar refractivity (Wildman–Crippen MR) is 88.0 cm³/mol. The van der Waals surface area contributed by atoms with Crippen LogP contribution in [0.4, 0.5) is 0 Å². The van der Waals surface area contributed by atoms with E-state index in [0.29, 0.717) is 0 Å². The Morgan fingerprint density at radius 3 is 2.43 bits per heavy atom. The van der Waals surface area contributed by atoms with E-state index in [-0.39, 0.29) is 11.8 Å². The SMILES string of the molecule is C/C(=C\c1ccccc1)CN1CCC(C(=O)N(C)C)CC1.